The Balaban J connectivity index is 2.32. The van der Waals surface area contributed by atoms with E-state index in [4.69, 9.17) is 4.74 Å². The van der Waals surface area contributed by atoms with Crippen LogP contribution >= 0.6 is 0 Å². The van der Waals surface area contributed by atoms with E-state index in [-0.39, 0.29) is 28.5 Å². The first-order chi connectivity index (χ1) is 9.29. The van der Waals surface area contributed by atoms with Gasteiger partial charge in [-0.05, 0) is 43.1 Å². The van der Waals surface area contributed by atoms with Gasteiger partial charge in [0, 0.05) is 5.41 Å². The second kappa shape index (κ2) is 5.01. The number of ether oxygens (including phenoxy) is 1. The van der Waals surface area contributed by atoms with Crippen LogP contribution in [-0.2, 0) is 14.3 Å². The van der Waals surface area contributed by atoms with Crippen LogP contribution in [0.4, 0.5) is 0 Å². The van der Waals surface area contributed by atoms with Crippen LogP contribution in [0.5, 0.6) is 0 Å². The number of hydrogen-bond donors (Lipinski definition) is 0. The van der Waals surface area contributed by atoms with Crippen molar-refractivity contribution in [2.45, 2.75) is 53.9 Å². The number of hydrogen-bond acceptors (Lipinski definition) is 3. The Hall–Kier alpha value is -1.12. The average Bonchev–Trinajstić information content (AvgIpc) is 2.69. The molecule has 0 N–H and O–H groups in total. The van der Waals surface area contributed by atoms with Crippen molar-refractivity contribution in [1.29, 1.82) is 0 Å². The number of carbonyl (C=O) groups excluding carboxylic acids is 2. The van der Waals surface area contributed by atoms with Crippen LogP contribution in [0.2, 0.25) is 0 Å². The Morgan fingerprint density at radius 2 is 2.05 bits per heavy atom. The third-order valence-electron chi connectivity index (χ3n) is 5.77. The molecular formula is C17H26O3. The first-order valence-corrected chi connectivity index (χ1v) is 7.72. The minimum absolute atomic E-state index is 0.00285. The summed E-state index contributed by atoms with van der Waals surface area (Å²) in [7, 11) is 0. The summed E-state index contributed by atoms with van der Waals surface area (Å²) in [6, 6.07) is 0. The predicted octanol–water partition coefficient (Wildman–Crippen LogP) is 3.53. The molecule has 20 heavy (non-hydrogen) atoms. The van der Waals surface area contributed by atoms with Crippen molar-refractivity contribution in [3.8, 4) is 0 Å². The average molecular weight is 278 g/mol. The van der Waals surface area contributed by atoms with Gasteiger partial charge in [-0.1, -0.05) is 33.8 Å². The summed E-state index contributed by atoms with van der Waals surface area (Å²) >= 11 is 0. The molecule has 0 aromatic carbocycles. The molecule has 3 nitrogen and oxygen atoms in total. The number of allylic oxidation sites excluding steroid dienone is 1. The summed E-state index contributed by atoms with van der Waals surface area (Å²) in [5, 5.41) is 0. The van der Waals surface area contributed by atoms with Gasteiger partial charge < -0.3 is 4.74 Å². The Bertz CT molecular complexity index is 461. The van der Waals surface area contributed by atoms with Gasteiger partial charge in [-0.3, -0.25) is 9.59 Å². The maximum Gasteiger partial charge on any atom is 0.312 e. The van der Waals surface area contributed by atoms with E-state index in [1.54, 1.807) is 0 Å². The molecule has 0 aliphatic heterocycles. The van der Waals surface area contributed by atoms with Crippen LogP contribution in [0.15, 0.2) is 11.6 Å². The zero-order chi connectivity index (χ0) is 15.1. The van der Waals surface area contributed by atoms with Crippen molar-refractivity contribution in [2.24, 2.45) is 22.7 Å². The van der Waals surface area contributed by atoms with E-state index in [1.807, 2.05) is 19.9 Å². The first kappa shape index (κ1) is 15.3. The lowest BCUT2D eigenvalue weighted by atomic mass is 9.70. The van der Waals surface area contributed by atoms with Crippen molar-refractivity contribution in [3.05, 3.63) is 11.6 Å². The zero-order valence-electron chi connectivity index (χ0n) is 13.3. The standard InChI is InChI=1S/C17H26O3/c1-6-11(15(19)20-7-2)10-12-13-8-9-17(5,14(12)18)16(13,3)4/h10-11,13H,6-9H2,1-5H3/b12-10+/t11-,13+,17-/m0/s1. The topological polar surface area (TPSA) is 43.4 Å². The highest BCUT2D eigenvalue weighted by atomic mass is 16.5. The second-order valence-electron chi connectivity index (χ2n) is 6.86. The fourth-order valence-corrected chi connectivity index (χ4v) is 3.94. The molecule has 0 radical (unpaired) electrons. The smallest absolute Gasteiger partial charge is 0.312 e. The first-order valence-electron chi connectivity index (χ1n) is 7.72. The van der Waals surface area contributed by atoms with E-state index in [0.29, 0.717) is 18.9 Å². The van der Waals surface area contributed by atoms with Gasteiger partial charge in [-0.2, -0.15) is 0 Å². The zero-order valence-corrected chi connectivity index (χ0v) is 13.3. The maximum absolute atomic E-state index is 12.7. The van der Waals surface area contributed by atoms with Crippen molar-refractivity contribution >= 4 is 11.8 Å². The normalized spacial score (nSPS) is 34.5. The highest BCUT2D eigenvalue weighted by Crippen LogP contribution is 2.65. The van der Waals surface area contributed by atoms with Gasteiger partial charge in [0.25, 0.3) is 0 Å². The fraction of sp³-hybridized carbons (Fsp3) is 0.765. The van der Waals surface area contributed by atoms with Crippen LogP contribution < -0.4 is 0 Å². The summed E-state index contributed by atoms with van der Waals surface area (Å²) in [4.78, 5) is 24.7. The monoisotopic (exact) mass is 278 g/mol. The molecule has 3 heteroatoms. The number of ketones is 1. The molecule has 2 saturated carbocycles. The summed E-state index contributed by atoms with van der Waals surface area (Å²) in [6.45, 7) is 10.6. The third kappa shape index (κ3) is 1.94. The molecule has 2 rings (SSSR count). The molecule has 0 amide bonds. The molecule has 2 aliphatic carbocycles. The molecule has 0 aromatic rings. The molecule has 2 bridgehead atoms. The molecule has 3 atom stereocenters. The number of esters is 1. The van der Waals surface area contributed by atoms with Gasteiger partial charge in [0.2, 0.25) is 0 Å². The Kier molecular flexibility index (Phi) is 3.83. The van der Waals surface area contributed by atoms with Gasteiger partial charge in [0.15, 0.2) is 5.78 Å². The minimum Gasteiger partial charge on any atom is -0.466 e. The van der Waals surface area contributed by atoms with Gasteiger partial charge in [-0.25, -0.2) is 0 Å². The fourth-order valence-electron chi connectivity index (χ4n) is 3.94. The highest BCUT2D eigenvalue weighted by molar-refractivity contribution is 6.05. The van der Waals surface area contributed by atoms with Crippen molar-refractivity contribution in [3.63, 3.8) is 0 Å². The van der Waals surface area contributed by atoms with Gasteiger partial charge in [-0.15, -0.1) is 0 Å². The van der Waals surface area contributed by atoms with Gasteiger partial charge in [0.1, 0.15) is 0 Å². The van der Waals surface area contributed by atoms with E-state index < -0.39 is 0 Å². The maximum atomic E-state index is 12.7. The predicted molar refractivity (Wildman–Crippen MR) is 78.1 cm³/mol. The van der Waals surface area contributed by atoms with Gasteiger partial charge >= 0.3 is 5.97 Å². The molecular weight excluding hydrogens is 252 g/mol. The Morgan fingerprint density at radius 3 is 2.50 bits per heavy atom. The number of rotatable bonds is 4. The Morgan fingerprint density at radius 1 is 1.40 bits per heavy atom. The number of Topliss-reactive ketones (excluding diaryl/α,β-unsaturated/α-hetero) is 1. The lowest BCUT2D eigenvalue weighted by molar-refractivity contribution is -0.146. The molecule has 0 saturated heterocycles. The van der Waals surface area contributed by atoms with Crippen LogP contribution in [0.3, 0.4) is 0 Å². The highest BCUT2D eigenvalue weighted by Gasteiger charge is 2.63. The molecule has 0 aromatic heterocycles. The summed E-state index contributed by atoms with van der Waals surface area (Å²) in [6.07, 6.45) is 4.61. The van der Waals surface area contributed by atoms with Crippen molar-refractivity contribution in [1.82, 2.24) is 0 Å². The molecule has 2 aliphatic rings. The minimum atomic E-state index is -0.285. The van der Waals surface area contributed by atoms with Crippen LogP contribution in [0.25, 0.3) is 0 Å². The van der Waals surface area contributed by atoms with E-state index in [0.717, 1.165) is 18.4 Å². The van der Waals surface area contributed by atoms with Crippen LogP contribution in [0.1, 0.15) is 53.9 Å². The van der Waals surface area contributed by atoms with Crippen LogP contribution in [0, 0.1) is 22.7 Å². The SMILES string of the molecule is CCOC(=O)[C@H](/C=C1/C(=O)[C@]2(C)CC[C@H]1C2(C)C)CC. The second-order valence-corrected chi connectivity index (χ2v) is 6.86. The molecule has 112 valence electrons. The third-order valence-corrected chi connectivity index (χ3v) is 5.77. The van der Waals surface area contributed by atoms with Crippen LogP contribution in [-0.4, -0.2) is 18.4 Å². The largest absolute Gasteiger partial charge is 0.466 e. The van der Waals surface area contributed by atoms with E-state index in [2.05, 4.69) is 20.8 Å². The summed E-state index contributed by atoms with van der Waals surface area (Å²) < 4.78 is 5.10. The summed E-state index contributed by atoms with van der Waals surface area (Å²) in [5.41, 5.74) is 0.628. The molecule has 0 unspecified atom stereocenters. The van der Waals surface area contributed by atoms with Crippen molar-refractivity contribution < 1.29 is 14.3 Å². The molecule has 0 heterocycles. The lowest BCUT2D eigenvalue weighted by Crippen LogP contribution is -2.32. The quantitative estimate of drug-likeness (QED) is 0.583. The number of fused-ring (bicyclic) bond motifs is 2. The van der Waals surface area contributed by atoms with Crippen molar-refractivity contribution in [2.75, 3.05) is 6.61 Å². The molecule has 0 spiro atoms. The van der Waals surface area contributed by atoms with E-state index >= 15 is 0 Å². The summed E-state index contributed by atoms with van der Waals surface area (Å²) in [5.74, 6) is 0.0543. The molecule has 2 fully saturated rings. The number of carbonyl (C=O) groups is 2. The lowest BCUT2D eigenvalue weighted by Gasteiger charge is -2.31. The van der Waals surface area contributed by atoms with E-state index in [9.17, 15) is 9.59 Å². The van der Waals surface area contributed by atoms with E-state index in [1.165, 1.54) is 0 Å². The Labute approximate surface area is 121 Å². The van der Waals surface area contributed by atoms with Gasteiger partial charge in [0.05, 0.1) is 12.5 Å².